The van der Waals surface area contributed by atoms with Crippen LogP contribution in [0.15, 0.2) is 30.3 Å². The highest BCUT2D eigenvalue weighted by molar-refractivity contribution is 5.87. The third-order valence-electron chi connectivity index (χ3n) is 2.48. The summed E-state index contributed by atoms with van der Waals surface area (Å²) in [5, 5.41) is 0. The normalized spacial score (nSPS) is 11.8. The van der Waals surface area contributed by atoms with Gasteiger partial charge in [0.25, 0.3) is 0 Å². The number of hydrogen-bond acceptors (Lipinski definition) is 2. The highest BCUT2D eigenvalue weighted by Gasteiger charge is 2.12. The lowest BCUT2D eigenvalue weighted by Crippen LogP contribution is -2.10. The molecule has 0 radical (unpaired) electrons. The summed E-state index contributed by atoms with van der Waals surface area (Å²) in [6.45, 7) is 8.74. The molecule has 0 saturated heterocycles. The van der Waals surface area contributed by atoms with Crippen LogP contribution in [0, 0.1) is 0 Å². The molecule has 0 atom stereocenters. The van der Waals surface area contributed by atoms with Crippen LogP contribution in [0.2, 0.25) is 0 Å². The highest BCUT2D eigenvalue weighted by Crippen LogP contribution is 2.22. The second-order valence-corrected chi connectivity index (χ2v) is 4.96. The Labute approximate surface area is 103 Å². The van der Waals surface area contributed by atoms with Gasteiger partial charge in [-0.25, -0.2) is 4.79 Å². The molecule has 0 aromatic heterocycles. The van der Waals surface area contributed by atoms with Gasteiger partial charge in [0.2, 0.25) is 0 Å². The lowest BCUT2D eigenvalue weighted by atomic mass is 9.87. The maximum atomic E-state index is 11.1. The van der Waals surface area contributed by atoms with E-state index in [0.717, 1.165) is 5.56 Å². The second-order valence-electron chi connectivity index (χ2n) is 4.96. The van der Waals surface area contributed by atoms with Crippen molar-refractivity contribution in [3.63, 3.8) is 0 Å². The Bertz CT molecular complexity index is 394. The number of rotatable bonds is 3. The molecule has 0 heterocycles. The molecule has 0 fully saturated rings. The zero-order chi connectivity index (χ0) is 12.9. The van der Waals surface area contributed by atoms with Crippen molar-refractivity contribution in [3.8, 4) is 0 Å². The molecule has 2 nitrogen and oxygen atoms in total. The maximum absolute atomic E-state index is 11.1. The Balaban J connectivity index is 2.72. The summed E-state index contributed by atoms with van der Waals surface area (Å²) in [4.78, 5) is 11.1. The summed E-state index contributed by atoms with van der Waals surface area (Å²) in [7, 11) is 0. The Kier molecular flexibility index (Phi) is 4.50. The van der Waals surface area contributed by atoms with Gasteiger partial charge in [-0.1, -0.05) is 45.0 Å². The molecule has 1 aromatic carbocycles. The summed E-state index contributed by atoms with van der Waals surface area (Å²) < 4.78 is 4.82. The molecule has 2 heteroatoms. The van der Waals surface area contributed by atoms with Gasteiger partial charge in [-0.2, -0.15) is 0 Å². The predicted molar refractivity (Wildman–Crippen MR) is 70.8 cm³/mol. The molecule has 17 heavy (non-hydrogen) atoms. The highest BCUT2D eigenvalue weighted by atomic mass is 16.5. The van der Waals surface area contributed by atoms with Gasteiger partial charge in [-0.15, -0.1) is 0 Å². The first kappa shape index (κ1) is 13.5. The average molecular weight is 232 g/mol. The maximum Gasteiger partial charge on any atom is 0.330 e. The first-order valence-electron chi connectivity index (χ1n) is 5.89. The number of ether oxygens (including phenoxy) is 1. The first-order valence-corrected chi connectivity index (χ1v) is 5.89. The number of esters is 1. The Hall–Kier alpha value is -1.57. The van der Waals surface area contributed by atoms with Crippen LogP contribution in [0.25, 0.3) is 6.08 Å². The Morgan fingerprint density at radius 1 is 1.24 bits per heavy atom. The van der Waals surface area contributed by atoms with Crippen molar-refractivity contribution in [2.45, 2.75) is 33.1 Å². The molecule has 0 spiro atoms. The molecule has 0 aliphatic heterocycles. The van der Waals surface area contributed by atoms with Gasteiger partial charge >= 0.3 is 5.97 Å². The van der Waals surface area contributed by atoms with E-state index in [1.807, 2.05) is 12.1 Å². The van der Waals surface area contributed by atoms with Crippen molar-refractivity contribution in [2.75, 3.05) is 6.61 Å². The molecule has 1 aromatic rings. The number of carbonyl (C=O) groups is 1. The quantitative estimate of drug-likeness (QED) is 0.588. The molecular formula is C15H20O2. The zero-order valence-corrected chi connectivity index (χ0v) is 11.0. The minimum atomic E-state index is -0.299. The van der Waals surface area contributed by atoms with Crippen LogP contribution in [0.5, 0.6) is 0 Å². The van der Waals surface area contributed by atoms with Crippen LogP contribution in [0.1, 0.15) is 38.8 Å². The predicted octanol–water partition coefficient (Wildman–Crippen LogP) is 3.56. The van der Waals surface area contributed by atoms with E-state index in [4.69, 9.17) is 4.74 Å². The van der Waals surface area contributed by atoms with E-state index in [9.17, 15) is 4.79 Å². The zero-order valence-electron chi connectivity index (χ0n) is 11.0. The van der Waals surface area contributed by atoms with E-state index in [2.05, 4.69) is 32.9 Å². The summed E-state index contributed by atoms with van der Waals surface area (Å²) in [6.07, 6.45) is 3.22. The monoisotopic (exact) mass is 232 g/mol. The molecule has 0 saturated carbocycles. The average Bonchev–Trinajstić information content (AvgIpc) is 2.26. The van der Waals surface area contributed by atoms with Crippen LogP contribution in [-0.4, -0.2) is 12.6 Å². The lowest BCUT2D eigenvalue weighted by Gasteiger charge is -2.18. The molecular weight excluding hydrogens is 212 g/mol. The third-order valence-corrected chi connectivity index (χ3v) is 2.48. The van der Waals surface area contributed by atoms with Gasteiger partial charge in [0, 0.05) is 6.08 Å². The second kappa shape index (κ2) is 5.67. The fourth-order valence-corrected chi connectivity index (χ4v) is 1.45. The van der Waals surface area contributed by atoms with Gasteiger partial charge in [0.15, 0.2) is 0 Å². The van der Waals surface area contributed by atoms with Gasteiger partial charge in [-0.3, -0.25) is 0 Å². The SMILES string of the molecule is CCOC(=O)/C=C\c1ccc(C(C)(C)C)cc1. The van der Waals surface area contributed by atoms with Crippen LogP contribution in [0.3, 0.4) is 0 Å². The summed E-state index contributed by atoms with van der Waals surface area (Å²) in [5.41, 5.74) is 2.44. The van der Waals surface area contributed by atoms with Crippen molar-refractivity contribution in [2.24, 2.45) is 0 Å². The van der Waals surface area contributed by atoms with Crippen LogP contribution in [0.4, 0.5) is 0 Å². The third kappa shape index (κ3) is 4.43. The molecule has 0 aliphatic carbocycles. The van der Waals surface area contributed by atoms with Gasteiger partial charge in [0.05, 0.1) is 6.61 Å². The van der Waals surface area contributed by atoms with Crippen molar-refractivity contribution in [1.82, 2.24) is 0 Å². The summed E-state index contributed by atoms with van der Waals surface area (Å²) in [5.74, 6) is -0.299. The van der Waals surface area contributed by atoms with Crippen molar-refractivity contribution < 1.29 is 9.53 Å². The molecule has 92 valence electrons. The minimum absolute atomic E-state index is 0.156. The van der Waals surface area contributed by atoms with Crippen molar-refractivity contribution >= 4 is 12.0 Å². The van der Waals surface area contributed by atoms with Crippen molar-refractivity contribution in [1.29, 1.82) is 0 Å². The number of hydrogen-bond donors (Lipinski definition) is 0. The van der Waals surface area contributed by atoms with E-state index in [-0.39, 0.29) is 11.4 Å². The van der Waals surface area contributed by atoms with Crippen LogP contribution >= 0.6 is 0 Å². The van der Waals surface area contributed by atoms with Gasteiger partial charge in [-0.05, 0) is 29.5 Å². The van der Waals surface area contributed by atoms with Crippen LogP contribution < -0.4 is 0 Å². The van der Waals surface area contributed by atoms with E-state index in [0.29, 0.717) is 6.61 Å². The first-order chi connectivity index (χ1) is 7.93. The van der Waals surface area contributed by atoms with E-state index in [1.165, 1.54) is 11.6 Å². The molecule has 0 N–H and O–H groups in total. The van der Waals surface area contributed by atoms with Crippen LogP contribution in [-0.2, 0) is 14.9 Å². The molecule has 0 unspecified atom stereocenters. The standard InChI is InChI=1S/C15H20O2/c1-5-17-14(16)11-8-12-6-9-13(10-7-12)15(2,3)4/h6-11H,5H2,1-4H3/b11-8-. The molecule has 0 aliphatic rings. The Morgan fingerprint density at radius 3 is 2.29 bits per heavy atom. The molecule has 0 amide bonds. The Morgan fingerprint density at radius 2 is 1.82 bits per heavy atom. The van der Waals surface area contributed by atoms with E-state index >= 15 is 0 Å². The minimum Gasteiger partial charge on any atom is -0.463 e. The summed E-state index contributed by atoms with van der Waals surface area (Å²) in [6, 6.07) is 8.20. The summed E-state index contributed by atoms with van der Waals surface area (Å²) >= 11 is 0. The van der Waals surface area contributed by atoms with E-state index < -0.39 is 0 Å². The van der Waals surface area contributed by atoms with Crippen molar-refractivity contribution in [3.05, 3.63) is 41.5 Å². The molecule has 1 rings (SSSR count). The number of carbonyl (C=O) groups excluding carboxylic acids is 1. The van der Waals surface area contributed by atoms with E-state index in [1.54, 1.807) is 13.0 Å². The largest absolute Gasteiger partial charge is 0.463 e. The topological polar surface area (TPSA) is 26.3 Å². The fraction of sp³-hybridized carbons (Fsp3) is 0.400. The fourth-order valence-electron chi connectivity index (χ4n) is 1.45. The molecule has 0 bridgehead atoms. The smallest absolute Gasteiger partial charge is 0.330 e. The lowest BCUT2D eigenvalue weighted by molar-refractivity contribution is -0.137. The number of benzene rings is 1. The van der Waals surface area contributed by atoms with Gasteiger partial charge in [0.1, 0.15) is 0 Å². The van der Waals surface area contributed by atoms with Gasteiger partial charge < -0.3 is 4.74 Å².